The Morgan fingerprint density at radius 2 is 1.70 bits per heavy atom. The van der Waals surface area contributed by atoms with Gasteiger partial charge in [-0.05, 0) is 13.8 Å². The Labute approximate surface area is 71.1 Å². The Hall–Kier alpha value is 0.487. The maximum absolute atomic E-state index is 5.38. The van der Waals surface area contributed by atoms with E-state index in [1.165, 1.54) is 0 Å². The van der Waals surface area contributed by atoms with Crippen molar-refractivity contribution in [2.75, 3.05) is 19.0 Å². The number of hydrogen-bond acceptors (Lipinski definition) is 3. The molecule has 10 heavy (non-hydrogen) atoms. The van der Waals surface area contributed by atoms with Gasteiger partial charge in [0.1, 0.15) is 5.41 Å². The van der Waals surface area contributed by atoms with E-state index in [1.54, 1.807) is 0 Å². The molecule has 0 aromatic heterocycles. The molecule has 0 rings (SSSR count). The largest absolute Gasteiger partial charge is 0.354 e. The molecule has 62 valence electrons. The number of ether oxygens (including phenoxy) is 2. The van der Waals surface area contributed by atoms with Crippen LogP contribution in [0.1, 0.15) is 13.8 Å². The summed E-state index contributed by atoms with van der Waals surface area (Å²) >= 11 is 4.15. The molecule has 0 atom stereocenters. The topological polar surface area (TPSA) is 18.5 Å². The molecular formula is C6H16O2SSi. The molecule has 0 saturated heterocycles. The van der Waals surface area contributed by atoms with Gasteiger partial charge in [0, 0.05) is 19.0 Å². The van der Waals surface area contributed by atoms with E-state index in [9.17, 15) is 0 Å². The lowest BCUT2D eigenvalue weighted by atomic mass is 10.7. The van der Waals surface area contributed by atoms with Crippen molar-refractivity contribution in [1.29, 1.82) is 0 Å². The molecule has 0 aromatic rings. The summed E-state index contributed by atoms with van der Waals surface area (Å²) in [6.45, 7) is 5.33. The zero-order valence-electron chi connectivity index (χ0n) is 6.89. The van der Waals surface area contributed by atoms with Crippen molar-refractivity contribution >= 4 is 22.9 Å². The first-order valence-corrected chi connectivity index (χ1v) is 5.20. The molecule has 4 heteroatoms. The lowest BCUT2D eigenvalue weighted by molar-refractivity contribution is -0.156. The molecule has 0 bridgehead atoms. The van der Waals surface area contributed by atoms with E-state index in [1.807, 2.05) is 13.8 Å². The van der Waals surface area contributed by atoms with Gasteiger partial charge in [-0.2, -0.15) is 12.6 Å². The molecule has 0 radical (unpaired) electrons. The van der Waals surface area contributed by atoms with Crippen LogP contribution in [-0.4, -0.2) is 34.6 Å². The van der Waals surface area contributed by atoms with Gasteiger partial charge in [-0.15, -0.1) is 0 Å². The number of thiol groups is 1. The molecule has 2 nitrogen and oxygen atoms in total. The lowest BCUT2D eigenvalue weighted by Crippen LogP contribution is -2.38. The third-order valence-corrected chi connectivity index (χ3v) is 3.29. The quantitative estimate of drug-likeness (QED) is 0.365. The van der Waals surface area contributed by atoms with Crippen molar-refractivity contribution in [1.82, 2.24) is 0 Å². The fourth-order valence-electron chi connectivity index (χ4n) is 0.744. The Bertz CT molecular complexity index is 83.8. The van der Waals surface area contributed by atoms with Gasteiger partial charge in [0.2, 0.25) is 0 Å². The summed E-state index contributed by atoms with van der Waals surface area (Å²) < 4.78 is 10.8. The Balaban J connectivity index is 3.69. The van der Waals surface area contributed by atoms with E-state index in [-0.39, 0.29) is 5.41 Å². The highest BCUT2D eigenvalue weighted by Gasteiger charge is 2.21. The first-order chi connectivity index (χ1) is 4.68. The van der Waals surface area contributed by atoms with E-state index < -0.39 is 0 Å². The van der Waals surface area contributed by atoms with E-state index in [4.69, 9.17) is 9.47 Å². The Morgan fingerprint density at radius 1 is 1.30 bits per heavy atom. The maximum atomic E-state index is 5.38. The van der Waals surface area contributed by atoms with Crippen LogP contribution in [0.2, 0.25) is 0 Å². The van der Waals surface area contributed by atoms with Crippen LogP contribution >= 0.6 is 12.6 Å². The molecular weight excluding hydrogens is 164 g/mol. The second-order valence-electron chi connectivity index (χ2n) is 2.16. The summed E-state index contributed by atoms with van der Waals surface area (Å²) in [7, 11) is 0.868. The van der Waals surface area contributed by atoms with Gasteiger partial charge in [-0.1, -0.05) is 0 Å². The summed E-state index contributed by atoms with van der Waals surface area (Å²) in [6, 6.07) is 0. The molecule has 0 aliphatic carbocycles. The first-order valence-electron chi connectivity index (χ1n) is 3.57. The van der Waals surface area contributed by atoms with Crippen LogP contribution in [0, 0.1) is 0 Å². The van der Waals surface area contributed by atoms with Crippen LogP contribution in [-0.2, 0) is 9.47 Å². The second-order valence-corrected chi connectivity index (χ2v) is 4.00. The minimum atomic E-state index is -0.355. The van der Waals surface area contributed by atoms with Crippen LogP contribution in [0.3, 0.4) is 0 Å². The third-order valence-electron chi connectivity index (χ3n) is 1.19. The molecule has 0 aromatic carbocycles. The van der Waals surface area contributed by atoms with Gasteiger partial charge in [0.25, 0.3) is 0 Å². The average molecular weight is 180 g/mol. The monoisotopic (exact) mass is 180 g/mol. The van der Waals surface area contributed by atoms with Crippen molar-refractivity contribution in [2.24, 2.45) is 0 Å². The molecule has 0 aliphatic rings. The molecule has 0 aliphatic heterocycles. The second kappa shape index (κ2) is 5.18. The predicted octanol–water partition coefficient (Wildman–Crippen LogP) is 0.00840. The minimum Gasteiger partial charge on any atom is -0.354 e. The normalized spacial score (nSPS) is 12.3. The SMILES string of the molecule is CCOC([SiH3])(CS)OCC. The zero-order chi connectivity index (χ0) is 8.04. The van der Waals surface area contributed by atoms with Gasteiger partial charge >= 0.3 is 0 Å². The van der Waals surface area contributed by atoms with Gasteiger partial charge in [0.15, 0.2) is 0 Å². The van der Waals surface area contributed by atoms with Crippen molar-refractivity contribution in [3.63, 3.8) is 0 Å². The summed E-state index contributed by atoms with van der Waals surface area (Å²) in [5.74, 6) is 0.654. The van der Waals surface area contributed by atoms with Crippen molar-refractivity contribution in [3.8, 4) is 0 Å². The van der Waals surface area contributed by atoms with E-state index in [2.05, 4.69) is 12.6 Å². The van der Waals surface area contributed by atoms with Crippen LogP contribution in [0.4, 0.5) is 0 Å². The van der Waals surface area contributed by atoms with Crippen molar-refractivity contribution in [2.45, 2.75) is 19.3 Å². The minimum absolute atomic E-state index is 0.355. The van der Waals surface area contributed by atoms with Crippen LogP contribution in [0.25, 0.3) is 0 Å². The van der Waals surface area contributed by atoms with Crippen molar-refractivity contribution < 1.29 is 9.47 Å². The molecule has 0 N–H and O–H groups in total. The average Bonchev–Trinajstić information content (AvgIpc) is 1.89. The van der Waals surface area contributed by atoms with E-state index >= 15 is 0 Å². The third kappa shape index (κ3) is 3.61. The van der Waals surface area contributed by atoms with E-state index in [0.29, 0.717) is 19.0 Å². The molecule has 0 spiro atoms. The smallest absolute Gasteiger partial charge is 0.149 e. The standard InChI is InChI=1S/C6H16O2SSi/c1-3-7-6(10,5-9)8-4-2/h9H,3-5H2,1-2,10H3. The van der Waals surface area contributed by atoms with Crippen LogP contribution in [0.15, 0.2) is 0 Å². The van der Waals surface area contributed by atoms with Crippen LogP contribution in [0.5, 0.6) is 0 Å². The lowest BCUT2D eigenvalue weighted by Gasteiger charge is -2.27. The van der Waals surface area contributed by atoms with Gasteiger partial charge in [-0.3, -0.25) is 0 Å². The summed E-state index contributed by atoms with van der Waals surface area (Å²) in [6.07, 6.45) is 0. The predicted molar refractivity (Wildman–Crippen MR) is 49.8 cm³/mol. The maximum Gasteiger partial charge on any atom is 0.149 e. The molecule has 0 saturated carbocycles. The fraction of sp³-hybridized carbons (Fsp3) is 1.00. The highest BCUT2D eigenvalue weighted by Crippen LogP contribution is 2.09. The Kier molecular flexibility index (Phi) is 5.43. The highest BCUT2D eigenvalue weighted by molar-refractivity contribution is 7.80. The van der Waals surface area contributed by atoms with E-state index in [0.717, 1.165) is 10.2 Å². The molecule has 0 unspecified atom stereocenters. The summed E-state index contributed by atoms with van der Waals surface area (Å²) in [5.41, 5.74) is -0.355. The number of rotatable bonds is 5. The zero-order valence-corrected chi connectivity index (χ0v) is 9.78. The molecule has 0 heterocycles. The molecule has 0 amide bonds. The van der Waals surface area contributed by atoms with Gasteiger partial charge in [-0.25, -0.2) is 0 Å². The van der Waals surface area contributed by atoms with Gasteiger partial charge in [0.05, 0.1) is 10.2 Å². The fourth-order valence-corrected chi connectivity index (χ4v) is 1.50. The van der Waals surface area contributed by atoms with Crippen molar-refractivity contribution in [3.05, 3.63) is 0 Å². The van der Waals surface area contributed by atoms with Gasteiger partial charge < -0.3 is 9.47 Å². The highest BCUT2D eigenvalue weighted by atomic mass is 32.1. The molecule has 0 fully saturated rings. The summed E-state index contributed by atoms with van der Waals surface area (Å²) in [4.78, 5) is 0. The first kappa shape index (κ1) is 10.5. The number of hydrogen-bond donors (Lipinski definition) is 1. The van der Waals surface area contributed by atoms with Crippen LogP contribution < -0.4 is 0 Å². The summed E-state index contributed by atoms with van der Waals surface area (Å²) in [5, 5.41) is 0. The Morgan fingerprint density at radius 3 is 1.90 bits per heavy atom.